The number of hydrogen-bond donors (Lipinski definition) is 1. The molecule has 0 aliphatic rings. The molecule has 0 radical (unpaired) electrons. The molecule has 0 unspecified atom stereocenters. The lowest BCUT2D eigenvalue weighted by molar-refractivity contribution is -0.163. The highest BCUT2D eigenvalue weighted by atomic mass is 32.2. The van der Waals surface area contributed by atoms with Crippen LogP contribution in [0, 0.1) is 18.7 Å². The van der Waals surface area contributed by atoms with Crippen molar-refractivity contribution >= 4 is 22.0 Å². The second-order valence-corrected chi connectivity index (χ2v) is 8.16. The molecule has 0 spiro atoms. The average Bonchev–Trinajstić information content (AvgIpc) is 2.69. The Morgan fingerprint density at radius 1 is 0.933 bits per heavy atom. The van der Waals surface area contributed by atoms with Gasteiger partial charge in [-0.05, 0) is 50.6 Å². The average molecular weight is 437 g/mol. The predicted octanol–water partition coefficient (Wildman–Crippen LogP) is 2.90. The number of ether oxygens (including phenoxy) is 2. The SMILES string of the molecule is CCOC(=O)C(C(=O)OCC)[C@@H](NS(=O)(=O)c1ccc(C)cc1)c1ccc(F)cc1. The molecule has 0 amide bonds. The van der Waals surface area contributed by atoms with Crippen LogP contribution in [0.5, 0.6) is 0 Å². The summed E-state index contributed by atoms with van der Waals surface area (Å²) in [5.41, 5.74) is 1.07. The van der Waals surface area contributed by atoms with E-state index in [-0.39, 0.29) is 23.7 Å². The molecule has 0 saturated carbocycles. The van der Waals surface area contributed by atoms with E-state index in [9.17, 15) is 22.4 Å². The fourth-order valence-corrected chi connectivity index (χ4v) is 4.02. The predicted molar refractivity (Wildman–Crippen MR) is 107 cm³/mol. The molecule has 2 aromatic carbocycles. The molecule has 0 aliphatic heterocycles. The van der Waals surface area contributed by atoms with E-state index in [0.29, 0.717) is 0 Å². The minimum Gasteiger partial charge on any atom is -0.465 e. The number of rotatable bonds is 9. The van der Waals surface area contributed by atoms with Crippen LogP contribution in [0.3, 0.4) is 0 Å². The minimum absolute atomic E-state index is 0.0183. The van der Waals surface area contributed by atoms with Crippen molar-refractivity contribution in [3.05, 3.63) is 65.5 Å². The molecule has 7 nitrogen and oxygen atoms in total. The number of hydrogen-bond acceptors (Lipinski definition) is 6. The molecule has 0 aromatic heterocycles. The van der Waals surface area contributed by atoms with E-state index in [1.54, 1.807) is 26.0 Å². The molecule has 2 aromatic rings. The fraction of sp³-hybridized carbons (Fsp3) is 0.333. The summed E-state index contributed by atoms with van der Waals surface area (Å²) in [5, 5.41) is 0. The quantitative estimate of drug-likeness (QED) is 0.478. The number of sulfonamides is 1. The number of esters is 2. The number of nitrogens with one attached hydrogen (secondary N) is 1. The van der Waals surface area contributed by atoms with Gasteiger partial charge in [0.2, 0.25) is 10.0 Å². The van der Waals surface area contributed by atoms with E-state index in [4.69, 9.17) is 9.47 Å². The summed E-state index contributed by atoms with van der Waals surface area (Å²) in [6.07, 6.45) is 0. The maximum absolute atomic E-state index is 13.4. The highest BCUT2D eigenvalue weighted by Gasteiger charge is 2.41. The standard InChI is InChI=1S/C21H24FNO6S/c1-4-28-20(24)18(21(25)29-5-2)19(15-8-10-16(22)11-9-15)23-30(26,27)17-12-6-14(3)7-13-17/h6-13,18-19,23H,4-5H2,1-3H3/t19-/m0/s1. The van der Waals surface area contributed by atoms with E-state index in [2.05, 4.69) is 4.72 Å². The fourth-order valence-electron chi connectivity index (χ4n) is 2.78. The second kappa shape index (κ2) is 10.3. The van der Waals surface area contributed by atoms with Crippen LogP contribution in [0.1, 0.15) is 31.0 Å². The molecule has 0 saturated heterocycles. The maximum Gasteiger partial charge on any atom is 0.322 e. The number of carbonyl (C=O) groups is 2. The summed E-state index contributed by atoms with van der Waals surface area (Å²) in [7, 11) is -4.14. The Morgan fingerprint density at radius 3 is 1.90 bits per heavy atom. The Balaban J connectivity index is 2.54. The first-order valence-electron chi connectivity index (χ1n) is 9.37. The lowest BCUT2D eigenvalue weighted by atomic mass is 9.93. The van der Waals surface area contributed by atoms with Crippen LogP contribution in [0.25, 0.3) is 0 Å². The number of benzene rings is 2. The van der Waals surface area contributed by atoms with Crippen LogP contribution in [-0.2, 0) is 29.1 Å². The third-order valence-corrected chi connectivity index (χ3v) is 5.71. The van der Waals surface area contributed by atoms with E-state index in [1.807, 2.05) is 6.92 Å². The smallest absolute Gasteiger partial charge is 0.322 e. The zero-order chi connectivity index (χ0) is 22.3. The van der Waals surface area contributed by atoms with Gasteiger partial charge in [0.05, 0.1) is 24.2 Å². The Hall–Kier alpha value is -2.78. The molecule has 0 aliphatic carbocycles. The van der Waals surface area contributed by atoms with Crippen molar-refractivity contribution in [2.45, 2.75) is 31.7 Å². The zero-order valence-electron chi connectivity index (χ0n) is 16.9. The van der Waals surface area contributed by atoms with Gasteiger partial charge < -0.3 is 9.47 Å². The lowest BCUT2D eigenvalue weighted by Crippen LogP contribution is -2.42. The monoisotopic (exact) mass is 437 g/mol. The van der Waals surface area contributed by atoms with Crippen molar-refractivity contribution in [3.63, 3.8) is 0 Å². The largest absolute Gasteiger partial charge is 0.465 e. The van der Waals surface area contributed by atoms with Gasteiger partial charge in [0, 0.05) is 0 Å². The van der Waals surface area contributed by atoms with Gasteiger partial charge in [0.1, 0.15) is 5.82 Å². The van der Waals surface area contributed by atoms with Crippen LogP contribution in [0.2, 0.25) is 0 Å². The molecule has 1 atom stereocenters. The molecule has 162 valence electrons. The molecule has 2 rings (SSSR count). The van der Waals surface area contributed by atoms with Gasteiger partial charge in [0.25, 0.3) is 0 Å². The first-order valence-corrected chi connectivity index (χ1v) is 10.9. The Bertz CT molecular complexity index is 956. The lowest BCUT2D eigenvalue weighted by Gasteiger charge is -2.25. The van der Waals surface area contributed by atoms with Gasteiger partial charge in [-0.3, -0.25) is 9.59 Å². The van der Waals surface area contributed by atoms with Crippen LogP contribution >= 0.6 is 0 Å². The maximum atomic E-state index is 13.4. The highest BCUT2D eigenvalue weighted by molar-refractivity contribution is 7.89. The number of carbonyl (C=O) groups excluding carboxylic acids is 2. The topological polar surface area (TPSA) is 98.8 Å². The Labute approximate surface area is 175 Å². The second-order valence-electron chi connectivity index (χ2n) is 6.45. The van der Waals surface area contributed by atoms with Gasteiger partial charge in [0.15, 0.2) is 5.92 Å². The van der Waals surface area contributed by atoms with Gasteiger partial charge in [-0.25, -0.2) is 17.5 Å². The Kier molecular flexibility index (Phi) is 8.08. The van der Waals surface area contributed by atoms with Gasteiger partial charge in [-0.15, -0.1) is 0 Å². The van der Waals surface area contributed by atoms with E-state index >= 15 is 0 Å². The molecule has 30 heavy (non-hydrogen) atoms. The summed E-state index contributed by atoms with van der Waals surface area (Å²) in [6.45, 7) is 4.89. The summed E-state index contributed by atoms with van der Waals surface area (Å²) < 4.78 is 51.7. The van der Waals surface area contributed by atoms with Crippen LogP contribution in [0.15, 0.2) is 53.4 Å². The summed E-state index contributed by atoms with van der Waals surface area (Å²) in [4.78, 5) is 25.1. The summed E-state index contributed by atoms with van der Waals surface area (Å²) in [5.74, 6) is -4.06. The molecule has 9 heteroatoms. The molecule has 0 heterocycles. The van der Waals surface area contributed by atoms with Gasteiger partial charge >= 0.3 is 11.9 Å². The minimum atomic E-state index is -4.14. The molecule has 0 bridgehead atoms. The van der Waals surface area contributed by atoms with Gasteiger partial charge in [-0.2, -0.15) is 0 Å². The zero-order valence-corrected chi connectivity index (χ0v) is 17.7. The van der Waals surface area contributed by atoms with Crippen molar-refractivity contribution in [1.82, 2.24) is 4.72 Å². The third-order valence-electron chi connectivity index (χ3n) is 4.26. The highest BCUT2D eigenvalue weighted by Crippen LogP contribution is 2.28. The summed E-state index contributed by atoms with van der Waals surface area (Å²) in [6, 6.07) is 9.49. The number of halogens is 1. The normalized spacial score (nSPS) is 12.4. The number of aryl methyl sites for hydroxylation is 1. The van der Waals surface area contributed by atoms with E-state index < -0.39 is 39.7 Å². The van der Waals surface area contributed by atoms with Crippen LogP contribution in [0.4, 0.5) is 4.39 Å². The van der Waals surface area contributed by atoms with Crippen molar-refractivity contribution in [1.29, 1.82) is 0 Å². The molecular weight excluding hydrogens is 413 g/mol. The molecule has 0 fully saturated rings. The van der Waals surface area contributed by atoms with Crippen molar-refractivity contribution in [2.75, 3.05) is 13.2 Å². The van der Waals surface area contributed by atoms with Gasteiger partial charge in [-0.1, -0.05) is 29.8 Å². The van der Waals surface area contributed by atoms with Crippen LogP contribution < -0.4 is 4.72 Å². The van der Waals surface area contributed by atoms with E-state index in [0.717, 1.165) is 17.7 Å². The molecular formula is C21H24FNO6S. The van der Waals surface area contributed by atoms with Crippen molar-refractivity contribution in [2.24, 2.45) is 5.92 Å². The van der Waals surface area contributed by atoms with Crippen LogP contribution in [-0.4, -0.2) is 33.6 Å². The van der Waals surface area contributed by atoms with E-state index in [1.165, 1.54) is 24.3 Å². The Morgan fingerprint density at radius 2 is 1.43 bits per heavy atom. The first kappa shape index (κ1) is 23.5. The first-order chi connectivity index (χ1) is 14.2. The summed E-state index contributed by atoms with van der Waals surface area (Å²) >= 11 is 0. The van der Waals surface area contributed by atoms with Crippen molar-refractivity contribution in [3.8, 4) is 0 Å². The van der Waals surface area contributed by atoms with Crippen molar-refractivity contribution < 1.29 is 31.9 Å². The third kappa shape index (κ3) is 5.87. The molecule has 1 N–H and O–H groups in total.